The number of nitrogens with one attached hydrogen (secondary N) is 1. The maximum absolute atomic E-state index is 10.6. The van der Waals surface area contributed by atoms with Gasteiger partial charge in [0.15, 0.2) is 6.20 Å². The van der Waals surface area contributed by atoms with Crippen molar-refractivity contribution in [3.8, 4) is 5.75 Å². The number of carbonyl (C=O) groups excluding carboxylic acids is 2. The Labute approximate surface area is 155 Å². The Kier molecular flexibility index (Phi) is 5.37. The van der Waals surface area contributed by atoms with Crippen LogP contribution in [-0.4, -0.2) is 16.9 Å². The van der Waals surface area contributed by atoms with E-state index in [1.807, 2.05) is 24.5 Å². The van der Waals surface area contributed by atoms with Crippen molar-refractivity contribution in [3.05, 3.63) is 78.6 Å². The summed E-state index contributed by atoms with van der Waals surface area (Å²) in [7, 11) is 0. The molecule has 6 nitrogen and oxygen atoms in total. The molecule has 0 aliphatic rings. The largest absolute Gasteiger partial charge is 0.545 e. The Hall–Kier alpha value is -3.80. The molecular formula is C21H16N2O4. The number of aromatic amines is 1. The first-order valence-corrected chi connectivity index (χ1v) is 8.19. The van der Waals surface area contributed by atoms with Gasteiger partial charge in [-0.05, 0) is 30.3 Å². The van der Waals surface area contributed by atoms with Gasteiger partial charge in [-0.1, -0.05) is 24.3 Å². The second-order valence-electron chi connectivity index (χ2n) is 5.65. The fraction of sp³-hybridized carbons (Fsp3) is 0.0476. The number of hydrogen-bond donors (Lipinski definition) is 0. The van der Waals surface area contributed by atoms with Crippen LogP contribution in [-0.2, 0) is 4.79 Å². The number of ether oxygens (including phenoxy) is 1. The summed E-state index contributed by atoms with van der Waals surface area (Å²) >= 11 is 0. The van der Waals surface area contributed by atoms with Crippen molar-refractivity contribution in [1.82, 2.24) is 4.98 Å². The van der Waals surface area contributed by atoms with Gasteiger partial charge >= 0.3 is 5.97 Å². The van der Waals surface area contributed by atoms with Crippen LogP contribution in [0.3, 0.4) is 0 Å². The summed E-state index contributed by atoms with van der Waals surface area (Å²) in [6.07, 6.45) is 3.75. The Morgan fingerprint density at radius 2 is 1.70 bits per heavy atom. The third-order valence-corrected chi connectivity index (χ3v) is 3.77. The Morgan fingerprint density at radius 3 is 2.48 bits per heavy atom. The fourth-order valence-corrected chi connectivity index (χ4v) is 2.61. The van der Waals surface area contributed by atoms with Crippen LogP contribution < -0.4 is 14.8 Å². The smallest absolute Gasteiger partial charge is 0.308 e. The van der Waals surface area contributed by atoms with Crippen LogP contribution in [0.5, 0.6) is 5.75 Å². The molecule has 1 N–H and O–H groups in total. The molecule has 0 bridgehead atoms. The minimum Gasteiger partial charge on any atom is -0.545 e. The average molecular weight is 360 g/mol. The number of carboxylic acid groups (broad SMARTS) is 1. The number of carboxylic acids is 1. The molecule has 0 amide bonds. The van der Waals surface area contributed by atoms with Gasteiger partial charge in [0.25, 0.3) is 0 Å². The van der Waals surface area contributed by atoms with Gasteiger partial charge in [0.1, 0.15) is 11.3 Å². The molecule has 0 atom stereocenters. The van der Waals surface area contributed by atoms with E-state index in [0.29, 0.717) is 0 Å². The lowest BCUT2D eigenvalue weighted by Crippen LogP contribution is -2.23. The van der Waals surface area contributed by atoms with Crippen molar-refractivity contribution in [2.45, 2.75) is 6.92 Å². The molecule has 27 heavy (non-hydrogen) atoms. The van der Waals surface area contributed by atoms with Gasteiger partial charge in [-0.15, -0.1) is 0 Å². The van der Waals surface area contributed by atoms with Crippen molar-refractivity contribution in [2.24, 2.45) is 0 Å². The summed E-state index contributed by atoms with van der Waals surface area (Å²) in [4.78, 5) is 28.7. The van der Waals surface area contributed by atoms with E-state index in [2.05, 4.69) is 39.0 Å². The zero-order valence-electron chi connectivity index (χ0n) is 14.5. The molecule has 0 fully saturated rings. The van der Waals surface area contributed by atoms with Crippen LogP contribution in [0.1, 0.15) is 17.3 Å². The van der Waals surface area contributed by atoms with E-state index >= 15 is 0 Å². The molecular weight excluding hydrogens is 344 g/mol. The van der Waals surface area contributed by atoms with Crippen LogP contribution in [0.2, 0.25) is 0 Å². The number of pyridine rings is 2. The number of esters is 1. The highest BCUT2D eigenvalue weighted by molar-refractivity contribution is 6.00. The first kappa shape index (κ1) is 18.0. The van der Waals surface area contributed by atoms with Crippen LogP contribution in [0, 0.1) is 0 Å². The number of rotatable bonds is 2. The van der Waals surface area contributed by atoms with Gasteiger partial charge in [0.05, 0.1) is 5.97 Å². The lowest BCUT2D eigenvalue weighted by atomic mass is 10.1. The highest BCUT2D eigenvalue weighted by Gasteiger charge is 2.06. The van der Waals surface area contributed by atoms with E-state index in [4.69, 9.17) is 0 Å². The molecule has 2 aromatic heterocycles. The monoisotopic (exact) mass is 360 g/mol. The van der Waals surface area contributed by atoms with Crippen LogP contribution >= 0.6 is 0 Å². The molecule has 0 spiro atoms. The van der Waals surface area contributed by atoms with Gasteiger partial charge in [-0.25, -0.2) is 9.97 Å². The molecule has 134 valence electrons. The number of aromatic nitrogens is 2. The predicted octanol–water partition coefficient (Wildman–Crippen LogP) is 2.18. The number of hydrogen-bond acceptors (Lipinski definition) is 5. The predicted molar refractivity (Wildman–Crippen MR) is 97.9 cm³/mol. The number of benzene rings is 2. The minimum absolute atomic E-state index is 0.00926. The molecule has 4 rings (SSSR count). The summed E-state index contributed by atoms with van der Waals surface area (Å²) in [5.74, 6) is -1.92. The number of aromatic carboxylic acids is 1. The van der Waals surface area contributed by atoms with E-state index in [0.717, 1.165) is 11.0 Å². The second kappa shape index (κ2) is 8.05. The standard InChI is InChI=1S/C12H8N2.C9H8O4/c1-3-9-5-6-10-4-2-8-14-12(10)11(9)13-7-1;1-6(10)13-8-5-3-2-4-7(8)9(11)12/h1-8H;2-5H,1H3,(H,11,12). The molecule has 0 aliphatic carbocycles. The zero-order chi connectivity index (χ0) is 19.2. The molecule has 4 aromatic rings. The molecule has 2 aromatic carbocycles. The third-order valence-electron chi connectivity index (χ3n) is 3.77. The number of nitrogens with zero attached hydrogens (tertiary/aromatic N) is 1. The van der Waals surface area contributed by atoms with Gasteiger partial charge in [0, 0.05) is 35.5 Å². The van der Waals surface area contributed by atoms with Gasteiger partial charge in [-0.3, -0.25) is 4.79 Å². The van der Waals surface area contributed by atoms with E-state index in [1.165, 1.54) is 35.9 Å². The Bertz CT molecular complexity index is 1070. The van der Waals surface area contributed by atoms with E-state index in [1.54, 1.807) is 6.07 Å². The Morgan fingerprint density at radius 1 is 0.963 bits per heavy atom. The van der Waals surface area contributed by atoms with Crippen molar-refractivity contribution in [2.75, 3.05) is 0 Å². The second-order valence-corrected chi connectivity index (χ2v) is 5.65. The molecule has 0 radical (unpaired) electrons. The lowest BCUT2D eigenvalue weighted by Gasteiger charge is -2.08. The van der Waals surface area contributed by atoms with E-state index in [9.17, 15) is 14.7 Å². The highest BCUT2D eigenvalue weighted by Crippen LogP contribution is 2.19. The molecule has 0 aliphatic heterocycles. The number of carbonyl (C=O) groups is 2. The molecule has 0 unspecified atom stereocenters. The summed E-state index contributed by atoms with van der Waals surface area (Å²) in [5.41, 5.74) is 2.01. The van der Waals surface area contributed by atoms with Crippen LogP contribution in [0.4, 0.5) is 0 Å². The number of H-pyrrole nitrogens is 1. The van der Waals surface area contributed by atoms with E-state index < -0.39 is 11.9 Å². The van der Waals surface area contributed by atoms with Gasteiger partial charge in [-0.2, -0.15) is 0 Å². The summed E-state index contributed by atoms with van der Waals surface area (Å²) in [6, 6.07) is 18.1. The minimum atomic E-state index is -1.36. The fourth-order valence-electron chi connectivity index (χ4n) is 2.61. The van der Waals surface area contributed by atoms with Crippen molar-refractivity contribution >= 4 is 33.7 Å². The SMILES string of the molecule is CC(=O)Oc1ccccc1C(=O)[O-].c1cnc2c(c1)ccc1ccc[nH+]c12. The lowest BCUT2D eigenvalue weighted by molar-refractivity contribution is -0.343. The highest BCUT2D eigenvalue weighted by atomic mass is 16.5. The Balaban J connectivity index is 0.000000157. The topological polar surface area (TPSA) is 93.5 Å². The van der Waals surface area contributed by atoms with Crippen molar-refractivity contribution in [3.63, 3.8) is 0 Å². The van der Waals surface area contributed by atoms with Crippen molar-refractivity contribution in [1.29, 1.82) is 0 Å². The van der Waals surface area contributed by atoms with Gasteiger partial charge < -0.3 is 14.6 Å². The number of fused-ring (bicyclic) bond motifs is 3. The molecule has 0 saturated carbocycles. The maximum Gasteiger partial charge on any atom is 0.308 e. The van der Waals surface area contributed by atoms with Crippen LogP contribution in [0.25, 0.3) is 21.8 Å². The normalized spacial score (nSPS) is 10.1. The maximum atomic E-state index is 10.6. The van der Waals surface area contributed by atoms with E-state index in [-0.39, 0.29) is 11.3 Å². The molecule has 0 saturated heterocycles. The summed E-state index contributed by atoms with van der Waals surface area (Å²) in [6.45, 7) is 1.20. The first-order chi connectivity index (χ1) is 13.1. The molecule has 2 heterocycles. The number of para-hydroxylation sites is 1. The molecule has 6 heteroatoms. The van der Waals surface area contributed by atoms with Gasteiger partial charge in [0.2, 0.25) is 5.52 Å². The zero-order valence-corrected chi connectivity index (χ0v) is 14.5. The third kappa shape index (κ3) is 4.24. The average Bonchev–Trinajstić information content (AvgIpc) is 2.68. The van der Waals surface area contributed by atoms with Crippen molar-refractivity contribution < 1.29 is 24.4 Å². The quantitative estimate of drug-likeness (QED) is 0.310. The summed E-state index contributed by atoms with van der Waals surface area (Å²) < 4.78 is 4.65. The summed E-state index contributed by atoms with van der Waals surface area (Å²) in [5, 5.41) is 12.9. The first-order valence-electron chi connectivity index (χ1n) is 8.19. The van der Waals surface area contributed by atoms with Crippen LogP contribution in [0.15, 0.2) is 73.1 Å².